The Kier molecular flexibility index (Phi) is 4.33. The van der Waals surface area contributed by atoms with Crippen LogP contribution >= 0.6 is 0 Å². The number of hydrogen-bond donors (Lipinski definition) is 0. The van der Waals surface area contributed by atoms with Crippen LogP contribution in [0.5, 0.6) is 0 Å². The lowest BCUT2D eigenvalue weighted by molar-refractivity contribution is 0.601. The van der Waals surface area contributed by atoms with E-state index in [0.717, 1.165) is 5.56 Å². The summed E-state index contributed by atoms with van der Waals surface area (Å²) in [6.07, 6.45) is 1.44. The van der Waals surface area contributed by atoms with Gasteiger partial charge < -0.3 is 0 Å². The molecule has 0 bridgehead atoms. The van der Waals surface area contributed by atoms with Gasteiger partial charge in [-0.15, -0.1) is 5.92 Å². The molecule has 0 aliphatic carbocycles. The zero-order valence-electron chi connectivity index (χ0n) is 9.40. The highest BCUT2D eigenvalue weighted by molar-refractivity contribution is 7.94. The van der Waals surface area contributed by atoms with Gasteiger partial charge >= 0.3 is 0 Å². The summed E-state index contributed by atoms with van der Waals surface area (Å²) in [6, 6.07) is 9.12. The van der Waals surface area contributed by atoms with Crippen LogP contribution in [0.15, 0.2) is 41.3 Å². The van der Waals surface area contributed by atoms with Crippen molar-refractivity contribution >= 4 is 9.84 Å². The van der Waals surface area contributed by atoms with E-state index in [1.807, 2.05) is 18.2 Å². The zero-order chi connectivity index (χ0) is 12.0. The lowest BCUT2D eigenvalue weighted by atomic mass is 10.2. The maximum atomic E-state index is 11.9. The largest absolute Gasteiger partial charge is 0.224 e. The third-order valence-electron chi connectivity index (χ3n) is 2.11. The molecule has 0 saturated heterocycles. The molecular weight excluding hydrogens is 220 g/mol. The molecule has 0 amide bonds. The van der Waals surface area contributed by atoms with Crippen molar-refractivity contribution in [3.05, 3.63) is 46.9 Å². The molecule has 0 aliphatic rings. The SMILES string of the molecule is CC#CC=C(C)S(=O)(=O)Cc1ccccc1. The minimum absolute atomic E-state index is 0.0293. The molecule has 0 unspecified atom stereocenters. The van der Waals surface area contributed by atoms with Crippen molar-refractivity contribution in [3.8, 4) is 11.8 Å². The Morgan fingerprint density at radius 3 is 2.50 bits per heavy atom. The van der Waals surface area contributed by atoms with E-state index >= 15 is 0 Å². The molecule has 0 aliphatic heterocycles. The van der Waals surface area contributed by atoms with Gasteiger partial charge in [0.05, 0.1) is 5.75 Å². The van der Waals surface area contributed by atoms with Crippen LogP contribution in [0.1, 0.15) is 19.4 Å². The van der Waals surface area contributed by atoms with Crippen molar-refractivity contribution in [3.63, 3.8) is 0 Å². The first-order chi connectivity index (χ1) is 7.56. The van der Waals surface area contributed by atoms with E-state index in [0.29, 0.717) is 4.91 Å². The van der Waals surface area contributed by atoms with Crippen molar-refractivity contribution in [2.45, 2.75) is 19.6 Å². The summed E-state index contributed by atoms with van der Waals surface area (Å²) in [5.74, 6) is 5.32. The fourth-order valence-corrected chi connectivity index (χ4v) is 2.27. The number of sulfone groups is 1. The van der Waals surface area contributed by atoms with Gasteiger partial charge in [0, 0.05) is 11.0 Å². The van der Waals surface area contributed by atoms with E-state index in [1.165, 1.54) is 6.08 Å². The third kappa shape index (κ3) is 3.56. The van der Waals surface area contributed by atoms with Crippen molar-refractivity contribution in [2.75, 3.05) is 0 Å². The molecule has 16 heavy (non-hydrogen) atoms. The molecule has 0 radical (unpaired) electrons. The molecule has 3 heteroatoms. The average molecular weight is 234 g/mol. The number of rotatable bonds is 3. The minimum Gasteiger partial charge on any atom is -0.224 e. The smallest absolute Gasteiger partial charge is 0.179 e. The van der Waals surface area contributed by atoms with Crippen LogP contribution in [-0.4, -0.2) is 8.42 Å². The molecule has 0 aromatic heterocycles. The van der Waals surface area contributed by atoms with E-state index in [2.05, 4.69) is 11.8 Å². The number of benzene rings is 1. The van der Waals surface area contributed by atoms with Crippen LogP contribution < -0.4 is 0 Å². The fraction of sp³-hybridized carbons (Fsp3) is 0.231. The van der Waals surface area contributed by atoms with Gasteiger partial charge in [-0.05, 0) is 19.4 Å². The second-order valence-electron chi connectivity index (χ2n) is 3.39. The normalized spacial score (nSPS) is 11.8. The molecular formula is C13H14O2S. The fourth-order valence-electron chi connectivity index (χ4n) is 1.17. The van der Waals surface area contributed by atoms with Crippen molar-refractivity contribution in [1.82, 2.24) is 0 Å². The van der Waals surface area contributed by atoms with Crippen molar-refractivity contribution < 1.29 is 8.42 Å². The zero-order valence-corrected chi connectivity index (χ0v) is 10.2. The summed E-state index contributed by atoms with van der Waals surface area (Å²) in [5, 5.41) is 0. The van der Waals surface area contributed by atoms with E-state index in [4.69, 9.17) is 0 Å². The van der Waals surface area contributed by atoms with Gasteiger partial charge in [-0.25, -0.2) is 8.42 Å². The summed E-state index contributed by atoms with van der Waals surface area (Å²) in [7, 11) is -3.23. The quantitative estimate of drug-likeness (QED) is 0.753. The summed E-state index contributed by atoms with van der Waals surface area (Å²) in [4.78, 5) is 0.311. The van der Waals surface area contributed by atoms with Crippen LogP contribution in [0.3, 0.4) is 0 Å². The average Bonchev–Trinajstić information content (AvgIpc) is 2.26. The maximum Gasteiger partial charge on any atom is 0.179 e. The summed E-state index contributed by atoms with van der Waals surface area (Å²) >= 11 is 0. The predicted octanol–water partition coefficient (Wildman–Crippen LogP) is 2.53. The molecule has 0 atom stereocenters. The maximum absolute atomic E-state index is 11.9. The van der Waals surface area contributed by atoms with Gasteiger partial charge in [0.25, 0.3) is 0 Å². The molecule has 0 spiro atoms. The Hall–Kier alpha value is -1.53. The van der Waals surface area contributed by atoms with Crippen LogP contribution in [0.2, 0.25) is 0 Å². The first-order valence-corrected chi connectivity index (χ1v) is 6.57. The number of hydrogen-bond acceptors (Lipinski definition) is 2. The predicted molar refractivity (Wildman–Crippen MR) is 66.3 cm³/mol. The van der Waals surface area contributed by atoms with E-state index < -0.39 is 9.84 Å². The van der Waals surface area contributed by atoms with E-state index in [9.17, 15) is 8.42 Å². The third-order valence-corrected chi connectivity index (χ3v) is 3.92. The Labute approximate surface area is 96.9 Å². The number of allylic oxidation sites excluding steroid dienone is 2. The monoisotopic (exact) mass is 234 g/mol. The van der Waals surface area contributed by atoms with Crippen LogP contribution in [0.25, 0.3) is 0 Å². The topological polar surface area (TPSA) is 34.1 Å². The summed E-state index contributed by atoms with van der Waals surface area (Å²) in [6.45, 7) is 3.25. The lowest BCUT2D eigenvalue weighted by Gasteiger charge is -2.03. The summed E-state index contributed by atoms with van der Waals surface area (Å²) < 4.78 is 23.7. The van der Waals surface area contributed by atoms with Crippen molar-refractivity contribution in [1.29, 1.82) is 0 Å². The van der Waals surface area contributed by atoms with Gasteiger partial charge in [0.2, 0.25) is 0 Å². The Balaban J connectivity index is 2.91. The molecule has 0 saturated carbocycles. The highest BCUT2D eigenvalue weighted by Crippen LogP contribution is 2.13. The molecule has 0 heterocycles. The van der Waals surface area contributed by atoms with Gasteiger partial charge in [-0.1, -0.05) is 36.3 Å². The van der Waals surface area contributed by atoms with Crippen LogP contribution in [-0.2, 0) is 15.6 Å². The molecule has 84 valence electrons. The standard InChI is InChI=1S/C13H14O2S/c1-3-4-8-12(2)16(14,15)11-13-9-6-5-7-10-13/h5-10H,11H2,1-2H3. The molecule has 1 aromatic rings. The molecule has 0 N–H and O–H groups in total. The Morgan fingerprint density at radius 1 is 1.31 bits per heavy atom. The minimum atomic E-state index is -3.23. The van der Waals surface area contributed by atoms with Gasteiger partial charge in [-0.3, -0.25) is 0 Å². The lowest BCUT2D eigenvalue weighted by Crippen LogP contribution is -2.05. The first-order valence-electron chi connectivity index (χ1n) is 4.92. The molecule has 0 fully saturated rings. The van der Waals surface area contributed by atoms with E-state index in [1.54, 1.807) is 26.0 Å². The molecule has 1 aromatic carbocycles. The summed E-state index contributed by atoms with van der Waals surface area (Å²) in [5.41, 5.74) is 0.791. The molecule has 1 rings (SSSR count). The highest BCUT2D eigenvalue weighted by Gasteiger charge is 2.13. The Morgan fingerprint density at radius 2 is 1.94 bits per heavy atom. The van der Waals surface area contributed by atoms with Crippen LogP contribution in [0, 0.1) is 11.8 Å². The van der Waals surface area contributed by atoms with Crippen LogP contribution in [0.4, 0.5) is 0 Å². The second-order valence-corrected chi connectivity index (χ2v) is 5.56. The highest BCUT2D eigenvalue weighted by atomic mass is 32.2. The first kappa shape index (κ1) is 12.5. The van der Waals surface area contributed by atoms with Gasteiger partial charge in [0.1, 0.15) is 0 Å². The van der Waals surface area contributed by atoms with Crippen molar-refractivity contribution in [2.24, 2.45) is 0 Å². The second kappa shape index (κ2) is 5.53. The van der Waals surface area contributed by atoms with Gasteiger partial charge in [0.15, 0.2) is 9.84 Å². The Bertz CT molecular complexity index is 528. The van der Waals surface area contributed by atoms with Gasteiger partial charge in [-0.2, -0.15) is 0 Å². The van der Waals surface area contributed by atoms with E-state index in [-0.39, 0.29) is 5.75 Å². The molecule has 2 nitrogen and oxygen atoms in total.